The molecule has 1 aromatic carbocycles. The lowest BCUT2D eigenvalue weighted by molar-refractivity contribution is 0.901. The molecule has 3 aromatic heterocycles. The summed E-state index contributed by atoms with van der Waals surface area (Å²) in [5.41, 5.74) is 2.34. The Morgan fingerprint density at radius 3 is 2.71 bits per heavy atom. The van der Waals surface area contributed by atoms with E-state index in [1.54, 1.807) is 18.5 Å². The van der Waals surface area contributed by atoms with Crippen molar-refractivity contribution in [3.05, 3.63) is 82.5 Å². The van der Waals surface area contributed by atoms with Crippen LogP contribution in [0.3, 0.4) is 0 Å². The minimum absolute atomic E-state index is 0.190. The van der Waals surface area contributed by atoms with Gasteiger partial charge in [-0.15, -0.1) is 0 Å². The van der Waals surface area contributed by atoms with Crippen LogP contribution in [0.1, 0.15) is 11.3 Å². The Balaban J connectivity index is 1.75. The molecule has 0 bridgehead atoms. The third kappa shape index (κ3) is 2.87. The fraction of sp³-hybridized carbons (Fsp3) is 0. The average Bonchev–Trinajstić information content (AvgIpc) is 3.06. The van der Waals surface area contributed by atoms with Gasteiger partial charge >= 0.3 is 0 Å². The summed E-state index contributed by atoms with van der Waals surface area (Å²) < 4.78 is 1.34. The van der Waals surface area contributed by atoms with Gasteiger partial charge in [0.2, 0.25) is 4.96 Å². The molecule has 0 saturated heterocycles. The van der Waals surface area contributed by atoms with Crippen molar-refractivity contribution in [2.45, 2.75) is 0 Å². The van der Waals surface area contributed by atoms with Crippen LogP contribution in [-0.4, -0.2) is 19.6 Å². The fourth-order valence-electron chi connectivity index (χ4n) is 2.27. The molecule has 0 aliphatic heterocycles. The highest BCUT2D eigenvalue weighted by Gasteiger charge is 2.09. The Morgan fingerprint density at radius 2 is 1.92 bits per heavy atom. The minimum atomic E-state index is -0.190. The zero-order valence-electron chi connectivity index (χ0n) is 12.5. The van der Waals surface area contributed by atoms with E-state index in [0.29, 0.717) is 10.7 Å². The Labute approximate surface area is 141 Å². The summed E-state index contributed by atoms with van der Waals surface area (Å²) in [7, 11) is 0. The Hall–Kier alpha value is -3.12. The SMILES string of the molecule is O=c1cc(C=Cc2cccnc2)nc2sc(-c3ccccc3)nn12. The molecular weight excluding hydrogens is 320 g/mol. The lowest BCUT2D eigenvalue weighted by atomic mass is 10.2. The molecule has 116 valence electrons. The summed E-state index contributed by atoms with van der Waals surface area (Å²) in [6.07, 6.45) is 7.16. The zero-order chi connectivity index (χ0) is 16.4. The van der Waals surface area contributed by atoms with Crippen molar-refractivity contribution in [1.29, 1.82) is 0 Å². The maximum atomic E-state index is 12.3. The number of pyridine rings is 1. The molecule has 5 nitrogen and oxygen atoms in total. The summed E-state index contributed by atoms with van der Waals surface area (Å²) in [5, 5.41) is 5.14. The number of rotatable bonds is 3. The van der Waals surface area contributed by atoms with Crippen molar-refractivity contribution in [1.82, 2.24) is 19.6 Å². The van der Waals surface area contributed by atoms with Gasteiger partial charge in [0, 0.05) is 24.0 Å². The van der Waals surface area contributed by atoms with Crippen LogP contribution in [0, 0.1) is 0 Å². The molecule has 0 amide bonds. The molecule has 0 radical (unpaired) electrons. The van der Waals surface area contributed by atoms with E-state index in [4.69, 9.17) is 0 Å². The summed E-state index contributed by atoms with van der Waals surface area (Å²) in [6, 6.07) is 15.0. The average molecular weight is 332 g/mol. The number of nitrogens with zero attached hydrogens (tertiary/aromatic N) is 4. The van der Waals surface area contributed by atoms with Crippen LogP contribution in [0.2, 0.25) is 0 Å². The van der Waals surface area contributed by atoms with E-state index in [1.807, 2.05) is 48.5 Å². The summed E-state index contributed by atoms with van der Waals surface area (Å²) in [6.45, 7) is 0. The van der Waals surface area contributed by atoms with E-state index in [1.165, 1.54) is 21.9 Å². The van der Waals surface area contributed by atoms with Gasteiger partial charge in [0.1, 0.15) is 5.01 Å². The Morgan fingerprint density at radius 1 is 1.04 bits per heavy atom. The maximum absolute atomic E-state index is 12.3. The van der Waals surface area contributed by atoms with Crippen molar-refractivity contribution in [2.75, 3.05) is 0 Å². The van der Waals surface area contributed by atoms with Gasteiger partial charge in [0.15, 0.2) is 0 Å². The van der Waals surface area contributed by atoms with Gasteiger partial charge in [-0.3, -0.25) is 9.78 Å². The van der Waals surface area contributed by atoms with Crippen molar-refractivity contribution in [2.24, 2.45) is 0 Å². The van der Waals surface area contributed by atoms with Crippen LogP contribution >= 0.6 is 11.3 Å². The van der Waals surface area contributed by atoms with E-state index < -0.39 is 0 Å². The van der Waals surface area contributed by atoms with E-state index in [-0.39, 0.29) is 5.56 Å². The molecule has 0 spiro atoms. The molecule has 24 heavy (non-hydrogen) atoms. The lowest BCUT2D eigenvalue weighted by Gasteiger charge is -1.94. The molecular formula is C18H12N4OS. The standard InChI is InChI=1S/C18H12N4OS/c23-16-11-15(9-8-13-5-4-10-19-12-13)20-18-22(16)21-17(24-18)14-6-2-1-3-7-14/h1-12H. The second-order valence-corrected chi connectivity index (χ2v) is 6.06. The highest BCUT2D eigenvalue weighted by atomic mass is 32.1. The van der Waals surface area contributed by atoms with Gasteiger partial charge < -0.3 is 0 Å². The predicted octanol–water partition coefficient (Wildman–Crippen LogP) is 3.38. The number of hydrogen-bond acceptors (Lipinski definition) is 5. The summed E-state index contributed by atoms with van der Waals surface area (Å²) in [5.74, 6) is 0. The summed E-state index contributed by atoms with van der Waals surface area (Å²) >= 11 is 1.39. The van der Waals surface area contributed by atoms with Crippen LogP contribution in [0.25, 0.3) is 27.7 Å². The van der Waals surface area contributed by atoms with E-state index in [9.17, 15) is 4.79 Å². The molecule has 0 aliphatic carbocycles. The zero-order valence-corrected chi connectivity index (χ0v) is 13.4. The quantitative estimate of drug-likeness (QED) is 0.577. The third-order valence-corrected chi connectivity index (χ3v) is 4.37. The Bertz CT molecular complexity index is 1070. The smallest absolute Gasteiger partial charge is 0.267 e. The highest BCUT2D eigenvalue weighted by Crippen LogP contribution is 2.23. The molecule has 0 saturated carbocycles. The van der Waals surface area contributed by atoms with Gasteiger partial charge in [0.05, 0.1) is 5.69 Å². The number of hydrogen-bond donors (Lipinski definition) is 0. The number of aromatic nitrogens is 4. The van der Waals surface area contributed by atoms with Gasteiger partial charge in [-0.25, -0.2) is 4.98 Å². The molecule has 0 aliphatic rings. The van der Waals surface area contributed by atoms with Gasteiger partial charge in [-0.2, -0.15) is 9.61 Å². The first kappa shape index (κ1) is 14.5. The normalized spacial score (nSPS) is 11.3. The van der Waals surface area contributed by atoms with Crippen molar-refractivity contribution < 1.29 is 0 Å². The lowest BCUT2D eigenvalue weighted by Crippen LogP contribution is -2.14. The molecule has 0 unspecified atom stereocenters. The van der Waals surface area contributed by atoms with Gasteiger partial charge in [-0.1, -0.05) is 53.8 Å². The van der Waals surface area contributed by atoms with Crippen LogP contribution in [0.15, 0.2) is 65.7 Å². The first-order valence-electron chi connectivity index (χ1n) is 7.34. The van der Waals surface area contributed by atoms with Gasteiger partial charge in [0.25, 0.3) is 5.56 Å². The number of fused-ring (bicyclic) bond motifs is 1. The molecule has 3 heterocycles. The van der Waals surface area contributed by atoms with Crippen LogP contribution in [0.4, 0.5) is 0 Å². The first-order valence-corrected chi connectivity index (χ1v) is 8.16. The number of benzene rings is 1. The molecule has 4 aromatic rings. The van der Waals surface area contributed by atoms with Crippen LogP contribution in [0.5, 0.6) is 0 Å². The maximum Gasteiger partial charge on any atom is 0.275 e. The monoisotopic (exact) mass is 332 g/mol. The van der Waals surface area contributed by atoms with Crippen LogP contribution in [-0.2, 0) is 0 Å². The summed E-state index contributed by atoms with van der Waals surface area (Å²) in [4.78, 5) is 21.4. The van der Waals surface area contributed by atoms with Crippen molar-refractivity contribution in [3.63, 3.8) is 0 Å². The molecule has 0 N–H and O–H groups in total. The fourth-order valence-corrected chi connectivity index (χ4v) is 3.18. The minimum Gasteiger partial charge on any atom is -0.267 e. The molecule has 4 rings (SSSR count). The van der Waals surface area contributed by atoms with Crippen molar-refractivity contribution >= 4 is 28.4 Å². The molecule has 6 heteroatoms. The molecule has 0 atom stereocenters. The second kappa shape index (κ2) is 6.17. The van der Waals surface area contributed by atoms with E-state index in [0.717, 1.165) is 16.1 Å². The van der Waals surface area contributed by atoms with E-state index >= 15 is 0 Å². The van der Waals surface area contributed by atoms with E-state index in [2.05, 4.69) is 15.1 Å². The largest absolute Gasteiger partial charge is 0.275 e. The first-order chi connectivity index (χ1) is 11.8. The highest BCUT2D eigenvalue weighted by molar-refractivity contribution is 7.19. The molecule has 0 fully saturated rings. The third-order valence-electron chi connectivity index (χ3n) is 3.42. The topological polar surface area (TPSA) is 60.2 Å². The Kier molecular flexibility index (Phi) is 3.72. The van der Waals surface area contributed by atoms with Crippen molar-refractivity contribution in [3.8, 4) is 10.6 Å². The second-order valence-electron chi connectivity index (χ2n) is 5.11. The van der Waals surface area contributed by atoms with Crippen LogP contribution < -0.4 is 5.56 Å². The van der Waals surface area contributed by atoms with Gasteiger partial charge in [-0.05, 0) is 17.7 Å². The predicted molar refractivity (Wildman–Crippen MR) is 95.7 cm³/mol.